The minimum Gasteiger partial charge on any atom is -0.393 e. The molecule has 1 atom stereocenters. The molecular formula is C22H26FN5O2S. The van der Waals surface area contributed by atoms with E-state index in [-0.39, 0.29) is 11.8 Å². The first kappa shape index (κ1) is 21.5. The number of aryl methyl sites for hydroxylation is 2. The summed E-state index contributed by atoms with van der Waals surface area (Å²) in [6, 6.07) is 5.34. The van der Waals surface area contributed by atoms with Crippen LogP contribution in [0.1, 0.15) is 23.6 Å². The Labute approximate surface area is 184 Å². The molecule has 9 heteroatoms. The molecule has 0 radical (unpaired) electrons. The second-order valence-electron chi connectivity index (χ2n) is 8.03. The monoisotopic (exact) mass is 443 g/mol. The molecule has 164 valence electrons. The van der Waals surface area contributed by atoms with Gasteiger partial charge in [0.25, 0.3) is 0 Å². The Morgan fingerprint density at radius 2 is 1.94 bits per heavy atom. The van der Waals surface area contributed by atoms with Gasteiger partial charge in [0, 0.05) is 32.4 Å². The number of aliphatic hydroxyl groups excluding tert-OH is 1. The van der Waals surface area contributed by atoms with E-state index in [2.05, 4.69) is 28.3 Å². The molecule has 0 aliphatic carbocycles. The molecule has 7 nitrogen and oxygen atoms in total. The number of nitrogens with zero attached hydrogens (tertiary/aromatic N) is 4. The fraction of sp³-hybridized carbons (Fsp3) is 0.409. The van der Waals surface area contributed by atoms with E-state index < -0.39 is 11.9 Å². The van der Waals surface area contributed by atoms with E-state index in [9.17, 15) is 14.3 Å². The van der Waals surface area contributed by atoms with Gasteiger partial charge in [-0.3, -0.25) is 5.32 Å². The molecule has 2 N–H and O–H groups in total. The maximum atomic E-state index is 14.5. The van der Waals surface area contributed by atoms with Crippen LogP contribution in [0.3, 0.4) is 0 Å². The van der Waals surface area contributed by atoms with Gasteiger partial charge in [0.1, 0.15) is 0 Å². The molecular weight excluding hydrogens is 417 g/mol. The zero-order valence-electron chi connectivity index (χ0n) is 17.9. The number of piperazine rings is 1. The maximum Gasteiger partial charge on any atom is 0.323 e. The fourth-order valence-electron chi connectivity index (χ4n) is 3.68. The smallest absolute Gasteiger partial charge is 0.323 e. The van der Waals surface area contributed by atoms with E-state index in [1.54, 1.807) is 18.0 Å². The van der Waals surface area contributed by atoms with Gasteiger partial charge >= 0.3 is 6.03 Å². The third kappa shape index (κ3) is 4.77. The highest BCUT2D eigenvalue weighted by Gasteiger charge is 2.24. The summed E-state index contributed by atoms with van der Waals surface area (Å²) in [5, 5.41) is 12.9. The van der Waals surface area contributed by atoms with Crippen LogP contribution in [0.5, 0.6) is 0 Å². The standard InChI is InChI=1S/C22H26FN5O2S/c1-13-8-18-19(9-14(13)2)31-21(25-18)26-22(30)28-6-4-27(5-7-28)20-17(23)11-16(12-24-20)10-15(3)29/h8-9,11-12,15,29H,4-7,10H2,1-3H3,(H,25,26,30). The van der Waals surface area contributed by atoms with Crippen LogP contribution in [-0.2, 0) is 6.42 Å². The van der Waals surface area contributed by atoms with Crippen LogP contribution < -0.4 is 10.2 Å². The van der Waals surface area contributed by atoms with Gasteiger partial charge in [-0.2, -0.15) is 0 Å². The summed E-state index contributed by atoms with van der Waals surface area (Å²) < 4.78 is 15.5. The number of aromatic nitrogens is 2. The number of carbonyl (C=O) groups is 1. The number of fused-ring (bicyclic) bond motifs is 1. The van der Waals surface area contributed by atoms with Crippen LogP contribution >= 0.6 is 11.3 Å². The first-order valence-electron chi connectivity index (χ1n) is 10.3. The number of anilines is 2. The summed E-state index contributed by atoms with van der Waals surface area (Å²) in [5.41, 5.74) is 3.92. The fourth-order valence-corrected chi connectivity index (χ4v) is 4.62. The second kappa shape index (κ2) is 8.76. The van der Waals surface area contributed by atoms with E-state index in [0.717, 1.165) is 10.2 Å². The zero-order chi connectivity index (χ0) is 22.1. The molecule has 4 rings (SSSR count). The molecule has 1 unspecified atom stereocenters. The van der Waals surface area contributed by atoms with E-state index in [1.807, 2.05) is 17.9 Å². The Morgan fingerprint density at radius 1 is 1.23 bits per heavy atom. The molecule has 3 heterocycles. The molecule has 0 saturated carbocycles. The highest BCUT2D eigenvalue weighted by molar-refractivity contribution is 7.22. The van der Waals surface area contributed by atoms with Gasteiger partial charge < -0.3 is 14.9 Å². The number of carbonyl (C=O) groups excluding carboxylic acids is 1. The predicted octanol–water partition coefficient (Wildman–Crippen LogP) is 3.72. The van der Waals surface area contributed by atoms with E-state index in [4.69, 9.17) is 0 Å². The molecule has 3 aromatic rings. The van der Waals surface area contributed by atoms with Crippen molar-refractivity contribution in [2.75, 3.05) is 36.4 Å². The minimum atomic E-state index is -0.544. The van der Waals surface area contributed by atoms with Crippen molar-refractivity contribution < 1.29 is 14.3 Å². The first-order valence-corrected chi connectivity index (χ1v) is 11.1. The number of rotatable bonds is 4. The second-order valence-corrected chi connectivity index (χ2v) is 9.06. The quantitative estimate of drug-likeness (QED) is 0.642. The van der Waals surface area contributed by atoms with Crippen molar-refractivity contribution in [2.45, 2.75) is 33.3 Å². The van der Waals surface area contributed by atoms with Crippen LogP contribution in [0.4, 0.5) is 20.1 Å². The molecule has 1 aromatic carbocycles. The third-order valence-corrected chi connectivity index (χ3v) is 6.43. The van der Waals surface area contributed by atoms with Gasteiger partial charge in [-0.1, -0.05) is 11.3 Å². The van der Waals surface area contributed by atoms with Crippen LogP contribution in [0.25, 0.3) is 10.2 Å². The lowest BCUT2D eigenvalue weighted by molar-refractivity contribution is 0.195. The lowest BCUT2D eigenvalue weighted by Gasteiger charge is -2.35. The summed E-state index contributed by atoms with van der Waals surface area (Å²) in [6.07, 6.45) is 1.42. The Morgan fingerprint density at radius 3 is 2.61 bits per heavy atom. The summed E-state index contributed by atoms with van der Waals surface area (Å²) in [4.78, 5) is 25.0. The molecule has 2 amide bonds. The Balaban J connectivity index is 1.37. The normalized spacial score (nSPS) is 15.4. The number of hydrogen-bond donors (Lipinski definition) is 2. The number of amides is 2. The van der Waals surface area contributed by atoms with Gasteiger partial charge in [0.2, 0.25) is 0 Å². The first-order chi connectivity index (χ1) is 14.8. The largest absolute Gasteiger partial charge is 0.393 e. The average molecular weight is 444 g/mol. The summed E-state index contributed by atoms with van der Waals surface area (Å²) in [5.74, 6) is -0.123. The Bertz CT molecular complexity index is 1070. The van der Waals surface area contributed by atoms with Gasteiger partial charge in [0.05, 0.1) is 16.3 Å². The third-order valence-electron chi connectivity index (χ3n) is 5.49. The molecule has 0 spiro atoms. The van der Waals surface area contributed by atoms with Gasteiger partial charge in [-0.15, -0.1) is 0 Å². The van der Waals surface area contributed by atoms with Crippen molar-refractivity contribution in [3.8, 4) is 0 Å². The number of hydrogen-bond acceptors (Lipinski definition) is 6. The van der Waals surface area contributed by atoms with Gasteiger partial charge in [0.15, 0.2) is 16.8 Å². The number of pyridine rings is 1. The number of urea groups is 1. The van der Waals surface area contributed by atoms with Crippen LogP contribution in [0.15, 0.2) is 24.4 Å². The number of halogens is 1. The zero-order valence-corrected chi connectivity index (χ0v) is 18.7. The number of nitrogens with one attached hydrogen (secondary N) is 1. The molecule has 1 aliphatic rings. The molecule has 1 aliphatic heterocycles. The highest BCUT2D eigenvalue weighted by atomic mass is 32.1. The van der Waals surface area contributed by atoms with Crippen LogP contribution in [0.2, 0.25) is 0 Å². The van der Waals surface area contributed by atoms with E-state index in [1.165, 1.54) is 28.5 Å². The topological polar surface area (TPSA) is 81.6 Å². The molecule has 2 aromatic heterocycles. The maximum absolute atomic E-state index is 14.5. The van der Waals surface area contributed by atoms with Crippen molar-refractivity contribution >= 4 is 38.5 Å². The average Bonchev–Trinajstić information content (AvgIpc) is 3.09. The van der Waals surface area contributed by atoms with Gasteiger partial charge in [-0.25, -0.2) is 19.2 Å². The van der Waals surface area contributed by atoms with Gasteiger partial charge in [-0.05, 0) is 62.1 Å². The predicted molar refractivity (Wildman–Crippen MR) is 121 cm³/mol. The number of aliphatic hydroxyl groups is 1. The van der Waals surface area contributed by atoms with E-state index in [0.29, 0.717) is 43.3 Å². The van der Waals surface area contributed by atoms with Crippen molar-refractivity contribution in [1.82, 2.24) is 14.9 Å². The molecule has 1 fully saturated rings. The number of thiazole rings is 1. The minimum absolute atomic E-state index is 0.201. The number of benzene rings is 1. The molecule has 31 heavy (non-hydrogen) atoms. The lowest BCUT2D eigenvalue weighted by Crippen LogP contribution is -2.50. The molecule has 0 bridgehead atoms. The van der Waals surface area contributed by atoms with Crippen LogP contribution in [-0.4, -0.2) is 58.3 Å². The van der Waals surface area contributed by atoms with Crippen molar-refractivity contribution in [2.24, 2.45) is 0 Å². The molecule has 1 saturated heterocycles. The van der Waals surface area contributed by atoms with Crippen molar-refractivity contribution in [3.05, 3.63) is 46.9 Å². The Kier molecular flexibility index (Phi) is 6.06. The summed E-state index contributed by atoms with van der Waals surface area (Å²) >= 11 is 1.46. The SMILES string of the molecule is Cc1cc2nc(NC(=O)N3CCN(c4ncc(CC(C)O)cc4F)CC3)sc2cc1C. The highest BCUT2D eigenvalue weighted by Crippen LogP contribution is 2.28. The van der Waals surface area contributed by atoms with Crippen molar-refractivity contribution in [3.63, 3.8) is 0 Å². The lowest BCUT2D eigenvalue weighted by atomic mass is 10.1. The van der Waals surface area contributed by atoms with E-state index >= 15 is 0 Å². The van der Waals surface area contributed by atoms with Crippen LogP contribution in [0, 0.1) is 19.7 Å². The van der Waals surface area contributed by atoms with Crippen molar-refractivity contribution in [1.29, 1.82) is 0 Å². The summed E-state index contributed by atoms with van der Waals surface area (Å²) in [7, 11) is 0. The Hall–Kier alpha value is -2.78. The summed E-state index contributed by atoms with van der Waals surface area (Å²) in [6.45, 7) is 7.68.